The molecule has 0 radical (unpaired) electrons. The summed E-state index contributed by atoms with van der Waals surface area (Å²) in [7, 11) is 0. The van der Waals surface area contributed by atoms with E-state index < -0.39 is 5.60 Å². The van der Waals surface area contributed by atoms with Crippen LogP contribution in [0.5, 0.6) is 5.75 Å². The largest absolute Gasteiger partial charge is 0.490 e. The van der Waals surface area contributed by atoms with Gasteiger partial charge in [0.2, 0.25) is 0 Å². The zero-order valence-corrected chi connectivity index (χ0v) is 16.6. The topological polar surface area (TPSA) is 72.9 Å². The van der Waals surface area contributed by atoms with Gasteiger partial charge in [-0.3, -0.25) is 0 Å². The molecule has 0 aromatic carbocycles. The third kappa shape index (κ3) is 6.27. The third-order valence-electron chi connectivity index (χ3n) is 4.75. The summed E-state index contributed by atoms with van der Waals surface area (Å²) in [6.07, 6.45) is 5.25. The van der Waals surface area contributed by atoms with Crippen LogP contribution in [0.25, 0.3) is 0 Å². The van der Waals surface area contributed by atoms with Crippen molar-refractivity contribution in [3.05, 3.63) is 18.3 Å². The number of anilines is 1. The quantitative estimate of drug-likeness (QED) is 0.869. The first kappa shape index (κ1) is 19.7. The summed E-state index contributed by atoms with van der Waals surface area (Å²) in [5.41, 5.74) is -0.468. The zero-order chi connectivity index (χ0) is 19.3. The van der Waals surface area contributed by atoms with Gasteiger partial charge in [-0.25, -0.2) is 9.78 Å². The van der Waals surface area contributed by atoms with Crippen molar-refractivity contribution in [1.29, 1.82) is 0 Å². The highest BCUT2D eigenvalue weighted by molar-refractivity contribution is 5.68. The minimum absolute atomic E-state index is 0.154. The van der Waals surface area contributed by atoms with E-state index in [1.807, 2.05) is 32.9 Å². The Labute approximate surface area is 161 Å². The summed E-state index contributed by atoms with van der Waals surface area (Å²) in [5.74, 6) is 1.80. The van der Waals surface area contributed by atoms with Crippen LogP contribution in [-0.2, 0) is 9.47 Å². The standard InChI is InChI=1S/C20H31N3O4/c1-20(2,3)27-19(24)22-15-4-6-16(7-5-15)26-17-8-9-21-18(14-17)23-10-12-25-13-11-23/h8-9,14-16H,4-7,10-13H2,1-3H3,(H,22,24)/t15-,16-. The molecule has 0 atom stereocenters. The molecule has 1 aliphatic heterocycles. The SMILES string of the molecule is CC(C)(C)OC(=O)N[C@H]1CC[C@H](Oc2ccnc(N3CCOCC3)c2)CC1. The highest BCUT2D eigenvalue weighted by Gasteiger charge is 2.26. The molecule has 7 heteroatoms. The molecule has 2 fully saturated rings. The number of hydrogen-bond donors (Lipinski definition) is 1. The van der Waals surface area contributed by atoms with Crippen molar-refractivity contribution >= 4 is 11.9 Å². The van der Waals surface area contributed by atoms with E-state index in [1.165, 1.54) is 0 Å². The number of alkyl carbamates (subject to hydrolysis) is 1. The van der Waals surface area contributed by atoms with Crippen molar-refractivity contribution in [2.45, 2.75) is 64.2 Å². The normalized spacial score (nSPS) is 23.6. The second-order valence-electron chi connectivity index (χ2n) is 8.19. The molecule has 1 saturated heterocycles. The van der Waals surface area contributed by atoms with Crippen LogP contribution in [0.1, 0.15) is 46.5 Å². The zero-order valence-electron chi connectivity index (χ0n) is 16.6. The predicted molar refractivity (Wildman–Crippen MR) is 103 cm³/mol. The van der Waals surface area contributed by atoms with Gasteiger partial charge in [0.15, 0.2) is 0 Å². The Morgan fingerprint density at radius 2 is 1.93 bits per heavy atom. The molecule has 2 heterocycles. The Bertz CT molecular complexity index is 618. The van der Waals surface area contributed by atoms with Crippen LogP contribution in [0, 0.1) is 0 Å². The van der Waals surface area contributed by atoms with Crippen molar-refractivity contribution in [1.82, 2.24) is 10.3 Å². The van der Waals surface area contributed by atoms with Crippen LogP contribution < -0.4 is 15.0 Å². The molecule has 150 valence electrons. The molecule has 1 aliphatic carbocycles. The fourth-order valence-corrected chi connectivity index (χ4v) is 3.43. The van der Waals surface area contributed by atoms with Crippen LogP contribution in [0.3, 0.4) is 0 Å². The van der Waals surface area contributed by atoms with Gasteiger partial charge in [0.05, 0.1) is 19.3 Å². The monoisotopic (exact) mass is 377 g/mol. The van der Waals surface area contributed by atoms with Crippen LogP contribution in [-0.4, -0.2) is 55.1 Å². The average molecular weight is 377 g/mol. The lowest BCUT2D eigenvalue weighted by Gasteiger charge is -2.31. The van der Waals surface area contributed by atoms with Gasteiger partial charge in [-0.1, -0.05) is 0 Å². The molecule has 7 nitrogen and oxygen atoms in total. The Hall–Kier alpha value is -2.02. The fourth-order valence-electron chi connectivity index (χ4n) is 3.43. The maximum atomic E-state index is 11.9. The molecule has 1 N–H and O–H groups in total. The van der Waals surface area contributed by atoms with E-state index in [0.717, 1.165) is 63.6 Å². The summed E-state index contributed by atoms with van der Waals surface area (Å²) in [6.45, 7) is 8.81. The summed E-state index contributed by atoms with van der Waals surface area (Å²) < 4.78 is 16.9. The van der Waals surface area contributed by atoms with Crippen LogP contribution in [0.15, 0.2) is 18.3 Å². The first-order chi connectivity index (χ1) is 12.9. The molecule has 1 amide bonds. The number of hydrogen-bond acceptors (Lipinski definition) is 6. The number of ether oxygens (including phenoxy) is 3. The van der Waals surface area contributed by atoms with Gasteiger partial charge in [-0.15, -0.1) is 0 Å². The third-order valence-corrected chi connectivity index (χ3v) is 4.75. The molecule has 0 unspecified atom stereocenters. The van der Waals surface area contributed by atoms with Crippen molar-refractivity contribution in [3.63, 3.8) is 0 Å². The number of amides is 1. The van der Waals surface area contributed by atoms with Crippen molar-refractivity contribution in [2.75, 3.05) is 31.2 Å². The highest BCUT2D eigenvalue weighted by Crippen LogP contribution is 2.26. The smallest absolute Gasteiger partial charge is 0.407 e. The number of morpholine rings is 1. The molecule has 1 aromatic heterocycles. The number of nitrogens with one attached hydrogen (secondary N) is 1. The van der Waals surface area contributed by atoms with E-state index in [4.69, 9.17) is 14.2 Å². The van der Waals surface area contributed by atoms with Crippen molar-refractivity contribution in [3.8, 4) is 5.75 Å². The lowest BCUT2D eigenvalue weighted by molar-refractivity contribution is 0.0471. The van der Waals surface area contributed by atoms with E-state index in [1.54, 1.807) is 6.20 Å². The first-order valence-electron chi connectivity index (χ1n) is 9.84. The Kier molecular flexibility index (Phi) is 6.42. The lowest BCUT2D eigenvalue weighted by Crippen LogP contribution is -2.42. The first-order valence-corrected chi connectivity index (χ1v) is 9.84. The number of aromatic nitrogens is 1. The molecular formula is C20H31N3O4. The number of pyridine rings is 1. The fraction of sp³-hybridized carbons (Fsp3) is 0.700. The van der Waals surface area contributed by atoms with Crippen LogP contribution >= 0.6 is 0 Å². The number of carbonyl (C=O) groups excluding carboxylic acids is 1. The second kappa shape index (κ2) is 8.78. The minimum atomic E-state index is -0.468. The Balaban J connectivity index is 1.46. The maximum absolute atomic E-state index is 11.9. The predicted octanol–water partition coefficient (Wildman–Crippen LogP) is 3.13. The van der Waals surface area contributed by atoms with Gasteiger partial charge in [-0.2, -0.15) is 0 Å². The average Bonchev–Trinajstić information content (AvgIpc) is 2.63. The molecule has 1 aromatic rings. The summed E-state index contributed by atoms with van der Waals surface area (Å²) in [5, 5.41) is 2.97. The highest BCUT2D eigenvalue weighted by atomic mass is 16.6. The molecule has 0 bridgehead atoms. The van der Waals surface area contributed by atoms with Crippen molar-refractivity contribution in [2.24, 2.45) is 0 Å². The van der Waals surface area contributed by atoms with Crippen molar-refractivity contribution < 1.29 is 19.0 Å². The molecule has 27 heavy (non-hydrogen) atoms. The summed E-state index contributed by atoms with van der Waals surface area (Å²) in [6, 6.07) is 4.08. The lowest BCUT2D eigenvalue weighted by atomic mass is 9.93. The van der Waals surface area contributed by atoms with E-state index in [-0.39, 0.29) is 18.2 Å². The molecular weight excluding hydrogens is 346 g/mol. The van der Waals surface area contributed by atoms with Gasteiger partial charge in [0.1, 0.15) is 17.2 Å². The second-order valence-corrected chi connectivity index (χ2v) is 8.19. The number of rotatable bonds is 4. The molecule has 0 spiro atoms. The van der Waals surface area contributed by atoms with Gasteiger partial charge >= 0.3 is 6.09 Å². The van der Waals surface area contributed by atoms with Gasteiger partial charge in [0, 0.05) is 31.4 Å². The van der Waals surface area contributed by atoms with Gasteiger partial charge < -0.3 is 24.4 Å². The van der Waals surface area contributed by atoms with E-state index in [2.05, 4.69) is 15.2 Å². The van der Waals surface area contributed by atoms with E-state index in [9.17, 15) is 4.79 Å². The van der Waals surface area contributed by atoms with E-state index in [0.29, 0.717) is 0 Å². The van der Waals surface area contributed by atoms with Gasteiger partial charge in [0.25, 0.3) is 0 Å². The minimum Gasteiger partial charge on any atom is -0.490 e. The number of carbonyl (C=O) groups is 1. The summed E-state index contributed by atoms with van der Waals surface area (Å²) >= 11 is 0. The Morgan fingerprint density at radius 1 is 1.22 bits per heavy atom. The molecule has 1 saturated carbocycles. The maximum Gasteiger partial charge on any atom is 0.407 e. The summed E-state index contributed by atoms with van der Waals surface area (Å²) in [4.78, 5) is 18.6. The number of nitrogens with zero attached hydrogens (tertiary/aromatic N) is 2. The van der Waals surface area contributed by atoms with E-state index >= 15 is 0 Å². The molecule has 2 aliphatic rings. The van der Waals surface area contributed by atoms with Gasteiger partial charge in [-0.05, 0) is 52.5 Å². The Morgan fingerprint density at radius 3 is 2.59 bits per heavy atom. The van der Waals surface area contributed by atoms with Crippen LogP contribution in [0.2, 0.25) is 0 Å². The van der Waals surface area contributed by atoms with Crippen LogP contribution in [0.4, 0.5) is 10.6 Å². The molecule has 3 rings (SSSR count).